The van der Waals surface area contributed by atoms with E-state index in [1.807, 2.05) is 13.8 Å². The molecule has 5 heteroatoms. The van der Waals surface area contributed by atoms with Crippen molar-refractivity contribution in [3.63, 3.8) is 0 Å². The number of aliphatic hydroxyl groups excluding tert-OH is 1. The van der Waals surface area contributed by atoms with Gasteiger partial charge in [-0.25, -0.2) is 0 Å². The summed E-state index contributed by atoms with van der Waals surface area (Å²) in [6.45, 7) is 4.08. The number of benzene rings is 1. The molecule has 1 heterocycles. The molecule has 1 aliphatic rings. The number of ether oxygens (including phenoxy) is 2. The van der Waals surface area contributed by atoms with Crippen LogP contribution in [0, 0.1) is 0 Å². The molecule has 0 spiro atoms. The monoisotopic (exact) mass is 257 g/mol. The molecule has 0 radical (unpaired) electrons. The molecular weight excluding hydrogens is 242 g/mol. The summed E-state index contributed by atoms with van der Waals surface area (Å²) in [6.07, 6.45) is -0.616. The number of aliphatic hydroxyl groups is 1. The lowest BCUT2D eigenvalue weighted by Gasteiger charge is -2.16. The molecule has 94 valence electrons. The predicted octanol–water partition coefficient (Wildman–Crippen LogP) is 2.10. The van der Waals surface area contributed by atoms with E-state index in [-0.39, 0.29) is 0 Å². The Hall–Kier alpha value is -0.970. The maximum Gasteiger partial charge on any atom is 0.246 e. The first kappa shape index (κ1) is 12.5. The highest BCUT2D eigenvalue weighted by atomic mass is 35.5. The minimum Gasteiger partial charge on any atom is -0.449 e. The summed E-state index contributed by atoms with van der Waals surface area (Å²) in [6, 6.07) is 3.46. The summed E-state index contributed by atoms with van der Waals surface area (Å²) < 4.78 is 11.2. The molecule has 1 aliphatic heterocycles. The van der Waals surface area contributed by atoms with E-state index in [4.69, 9.17) is 21.1 Å². The average molecular weight is 258 g/mol. The molecule has 0 amide bonds. The van der Waals surface area contributed by atoms with Crippen molar-refractivity contribution >= 4 is 11.6 Å². The van der Waals surface area contributed by atoms with Crippen molar-refractivity contribution in [2.75, 3.05) is 13.6 Å². The fourth-order valence-corrected chi connectivity index (χ4v) is 2.06. The Balaban J connectivity index is 2.33. The van der Waals surface area contributed by atoms with E-state index in [0.717, 1.165) is 0 Å². The van der Waals surface area contributed by atoms with Gasteiger partial charge in [0.15, 0.2) is 11.5 Å². The number of hydrogen-bond donors (Lipinski definition) is 2. The molecule has 1 aromatic carbocycles. The molecule has 0 saturated carbocycles. The largest absolute Gasteiger partial charge is 0.449 e. The molecule has 2 N–H and O–H groups in total. The fraction of sp³-hybridized carbons (Fsp3) is 0.500. The number of hydrogen-bond acceptors (Lipinski definition) is 4. The van der Waals surface area contributed by atoms with Crippen LogP contribution in [0.15, 0.2) is 12.1 Å². The van der Waals surface area contributed by atoms with Crippen LogP contribution in [-0.2, 0) is 0 Å². The number of rotatable bonds is 3. The van der Waals surface area contributed by atoms with E-state index >= 15 is 0 Å². The molecule has 4 nitrogen and oxygen atoms in total. The van der Waals surface area contributed by atoms with Crippen LogP contribution < -0.4 is 14.8 Å². The molecule has 17 heavy (non-hydrogen) atoms. The van der Waals surface area contributed by atoms with Crippen molar-refractivity contribution in [1.82, 2.24) is 5.32 Å². The highest BCUT2D eigenvalue weighted by molar-refractivity contribution is 6.32. The van der Waals surface area contributed by atoms with Gasteiger partial charge in [0.1, 0.15) is 0 Å². The third-order valence-electron chi connectivity index (χ3n) is 2.52. The van der Waals surface area contributed by atoms with E-state index in [1.165, 1.54) is 0 Å². The Morgan fingerprint density at radius 3 is 2.76 bits per heavy atom. The molecule has 0 fully saturated rings. The Labute approximate surface area is 105 Å². The summed E-state index contributed by atoms with van der Waals surface area (Å²) >= 11 is 6.11. The van der Waals surface area contributed by atoms with Gasteiger partial charge in [0.05, 0.1) is 11.1 Å². The smallest absolute Gasteiger partial charge is 0.246 e. The Morgan fingerprint density at radius 2 is 2.12 bits per heavy atom. The molecule has 2 rings (SSSR count). The summed E-state index contributed by atoms with van der Waals surface area (Å²) in [7, 11) is 1.78. The highest BCUT2D eigenvalue weighted by Crippen LogP contribution is 2.45. The Morgan fingerprint density at radius 1 is 1.41 bits per heavy atom. The lowest BCUT2D eigenvalue weighted by Crippen LogP contribution is -2.29. The van der Waals surface area contributed by atoms with Crippen molar-refractivity contribution in [3.8, 4) is 11.5 Å². The first-order valence-corrected chi connectivity index (χ1v) is 5.85. The third kappa shape index (κ3) is 2.49. The summed E-state index contributed by atoms with van der Waals surface area (Å²) in [5, 5.41) is 13.2. The lowest BCUT2D eigenvalue weighted by molar-refractivity contribution is -0.0431. The predicted molar refractivity (Wildman–Crippen MR) is 65.7 cm³/mol. The Kier molecular flexibility index (Phi) is 3.21. The van der Waals surface area contributed by atoms with E-state index in [9.17, 15) is 5.11 Å². The van der Waals surface area contributed by atoms with Crippen LogP contribution in [0.1, 0.15) is 25.5 Å². The average Bonchev–Trinajstić information content (AvgIpc) is 2.53. The molecule has 0 bridgehead atoms. The minimum atomic E-state index is -0.710. The van der Waals surface area contributed by atoms with Gasteiger partial charge in [0.25, 0.3) is 0 Å². The molecule has 1 aromatic rings. The third-order valence-corrected chi connectivity index (χ3v) is 2.80. The van der Waals surface area contributed by atoms with Gasteiger partial charge in [-0.15, -0.1) is 0 Å². The van der Waals surface area contributed by atoms with Gasteiger partial charge in [0.2, 0.25) is 5.79 Å². The zero-order valence-corrected chi connectivity index (χ0v) is 10.8. The van der Waals surface area contributed by atoms with Crippen molar-refractivity contribution in [2.24, 2.45) is 0 Å². The summed E-state index contributed by atoms with van der Waals surface area (Å²) in [5.74, 6) is 0.406. The van der Waals surface area contributed by atoms with Gasteiger partial charge in [-0.2, -0.15) is 0 Å². The quantitative estimate of drug-likeness (QED) is 0.871. The number of halogens is 1. The number of likely N-dealkylation sites (N-methyl/N-ethyl adjacent to an activating group) is 1. The highest BCUT2D eigenvalue weighted by Gasteiger charge is 2.34. The molecule has 0 aliphatic carbocycles. The fourth-order valence-electron chi connectivity index (χ4n) is 1.80. The van der Waals surface area contributed by atoms with Crippen LogP contribution in [0.3, 0.4) is 0 Å². The van der Waals surface area contributed by atoms with Gasteiger partial charge in [-0.1, -0.05) is 11.6 Å². The van der Waals surface area contributed by atoms with Crippen LogP contribution >= 0.6 is 11.6 Å². The first-order valence-electron chi connectivity index (χ1n) is 5.47. The van der Waals surface area contributed by atoms with Gasteiger partial charge < -0.3 is 19.9 Å². The lowest BCUT2D eigenvalue weighted by atomic mass is 10.1. The second kappa shape index (κ2) is 4.37. The van der Waals surface area contributed by atoms with Gasteiger partial charge in [-0.3, -0.25) is 0 Å². The molecule has 1 atom stereocenters. The van der Waals surface area contributed by atoms with E-state index in [2.05, 4.69) is 5.32 Å². The maximum absolute atomic E-state index is 9.89. The van der Waals surface area contributed by atoms with Crippen molar-refractivity contribution in [3.05, 3.63) is 22.7 Å². The molecule has 1 unspecified atom stereocenters. The zero-order chi connectivity index (χ0) is 12.6. The standard InChI is InChI=1S/C12H16ClNO3/c1-12(2)16-10-5-7(9(15)6-14-3)4-8(13)11(10)17-12/h4-5,9,14-15H,6H2,1-3H3. The van der Waals surface area contributed by atoms with Crippen LogP contribution in [0.2, 0.25) is 5.02 Å². The molecule has 0 saturated heterocycles. The summed E-state index contributed by atoms with van der Waals surface area (Å²) in [4.78, 5) is 0. The Bertz CT molecular complexity index is 434. The van der Waals surface area contributed by atoms with Crippen LogP contribution in [0.4, 0.5) is 0 Å². The van der Waals surface area contributed by atoms with E-state index < -0.39 is 11.9 Å². The minimum absolute atomic E-state index is 0.457. The van der Waals surface area contributed by atoms with E-state index in [1.54, 1.807) is 19.2 Å². The second-order valence-corrected chi connectivity index (χ2v) is 4.91. The van der Waals surface area contributed by atoms with Gasteiger partial charge >= 0.3 is 0 Å². The molecule has 0 aromatic heterocycles. The van der Waals surface area contributed by atoms with Crippen molar-refractivity contribution in [2.45, 2.75) is 25.7 Å². The normalized spacial score (nSPS) is 18.2. The number of fused-ring (bicyclic) bond motifs is 1. The maximum atomic E-state index is 9.89. The van der Waals surface area contributed by atoms with E-state index in [0.29, 0.717) is 28.6 Å². The SMILES string of the molecule is CNCC(O)c1cc(Cl)c2c(c1)OC(C)(C)O2. The first-order chi connectivity index (χ1) is 7.93. The number of nitrogens with one attached hydrogen (secondary N) is 1. The summed E-state index contributed by atoms with van der Waals surface area (Å²) in [5.41, 5.74) is 0.712. The van der Waals surface area contributed by atoms with Crippen LogP contribution in [-0.4, -0.2) is 24.5 Å². The topological polar surface area (TPSA) is 50.7 Å². The van der Waals surface area contributed by atoms with Gasteiger partial charge in [-0.05, 0) is 24.7 Å². The molecular formula is C12H16ClNO3. The zero-order valence-electron chi connectivity index (χ0n) is 10.1. The van der Waals surface area contributed by atoms with Gasteiger partial charge in [0, 0.05) is 20.4 Å². The second-order valence-electron chi connectivity index (χ2n) is 4.51. The van der Waals surface area contributed by atoms with Crippen molar-refractivity contribution in [1.29, 1.82) is 0 Å². The van der Waals surface area contributed by atoms with Crippen LogP contribution in [0.5, 0.6) is 11.5 Å². The van der Waals surface area contributed by atoms with Crippen LogP contribution in [0.25, 0.3) is 0 Å². The van der Waals surface area contributed by atoms with Crippen molar-refractivity contribution < 1.29 is 14.6 Å².